The normalized spacial score (nSPS) is 24.3. The molecule has 0 amide bonds. The summed E-state index contributed by atoms with van der Waals surface area (Å²) >= 11 is 3.68. The first-order valence-corrected chi connectivity index (χ1v) is 8.12. The van der Waals surface area contributed by atoms with Crippen molar-refractivity contribution in [2.75, 3.05) is 44.3 Å². The molecule has 110 valence electrons. The molecule has 5 heteroatoms. The summed E-state index contributed by atoms with van der Waals surface area (Å²) in [6.45, 7) is 6.74. The molecule has 4 nitrogen and oxygen atoms in total. The third kappa shape index (κ3) is 3.01. The number of ether oxygens (including phenoxy) is 1. The van der Waals surface area contributed by atoms with Gasteiger partial charge in [0.15, 0.2) is 0 Å². The Labute approximate surface area is 129 Å². The standard InChI is InChI=1S/C15H22BrN3O/c16-14-9-12(10-17)1-2-15(14)19-4-3-13(11-19)18-5-7-20-8-6-18/h1-2,9,13H,3-8,10-11,17H2. The van der Waals surface area contributed by atoms with Gasteiger partial charge >= 0.3 is 0 Å². The van der Waals surface area contributed by atoms with Crippen molar-refractivity contribution < 1.29 is 4.74 Å². The number of nitrogens with two attached hydrogens (primary N) is 1. The molecule has 2 saturated heterocycles. The van der Waals surface area contributed by atoms with E-state index in [2.05, 4.69) is 43.9 Å². The van der Waals surface area contributed by atoms with Gasteiger partial charge in [-0.2, -0.15) is 0 Å². The highest BCUT2D eigenvalue weighted by Crippen LogP contribution is 2.31. The van der Waals surface area contributed by atoms with Gasteiger partial charge in [0, 0.05) is 43.2 Å². The summed E-state index contributed by atoms with van der Waals surface area (Å²) in [6.07, 6.45) is 1.24. The van der Waals surface area contributed by atoms with E-state index in [-0.39, 0.29) is 0 Å². The molecule has 2 aliphatic heterocycles. The number of anilines is 1. The number of hydrogen-bond donors (Lipinski definition) is 1. The topological polar surface area (TPSA) is 41.7 Å². The first kappa shape index (κ1) is 14.3. The van der Waals surface area contributed by atoms with Gasteiger partial charge in [-0.3, -0.25) is 4.90 Å². The number of nitrogens with zero attached hydrogens (tertiary/aromatic N) is 2. The van der Waals surface area contributed by atoms with E-state index in [0.717, 1.165) is 43.9 Å². The van der Waals surface area contributed by atoms with Crippen LogP contribution in [0.1, 0.15) is 12.0 Å². The van der Waals surface area contributed by atoms with Gasteiger partial charge in [0.25, 0.3) is 0 Å². The second-order valence-corrected chi connectivity index (χ2v) is 6.38. The molecule has 2 aliphatic rings. The van der Waals surface area contributed by atoms with Gasteiger partial charge < -0.3 is 15.4 Å². The Morgan fingerprint density at radius 1 is 1.25 bits per heavy atom. The highest BCUT2D eigenvalue weighted by Gasteiger charge is 2.29. The van der Waals surface area contributed by atoms with Crippen LogP contribution in [0.25, 0.3) is 0 Å². The van der Waals surface area contributed by atoms with Crippen molar-refractivity contribution >= 4 is 21.6 Å². The van der Waals surface area contributed by atoms with Gasteiger partial charge in [0.05, 0.1) is 18.9 Å². The Morgan fingerprint density at radius 2 is 2.05 bits per heavy atom. The van der Waals surface area contributed by atoms with Crippen molar-refractivity contribution in [3.8, 4) is 0 Å². The molecule has 0 saturated carbocycles. The number of rotatable bonds is 3. The van der Waals surface area contributed by atoms with E-state index in [4.69, 9.17) is 10.5 Å². The third-order valence-electron chi connectivity index (χ3n) is 4.31. The van der Waals surface area contributed by atoms with Crippen molar-refractivity contribution in [1.82, 2.24) is 4.90 Å². The molecule has 0 radical (unpaired) electrons. The first-order chi connectivity index (χ1) is 9.78. The minimum atomic E-state index is 0.593. The fraction of sp³-hybridized carbons (Fsp3) is 0.600. The van der Waals surface area contributed by atoms with Crippen molar-refractivity contribution in [3.05, 3.63) is 28.2 Å². The maximum absolute atomic E-state index is 5.69. The lowest BCUT2D eigenvalue weighted by atomic mass is 10.2. The Morgan fingerprint density at radius 3 is 2.75 bits per heavy atom. The molecule has 0 aliphatic carbocycles. The number of morpholine rings is 1. The third-order valence-corrected chi connectivity index (χ3v) is 4.95. The monoisotopic (exact) mass is 339 g/mol. The quantitative estimate of drug-likeness (QED) is 0.912. The zero-order valence-corrected chi connectivity index (χ0v) is 13.3. The van der Waals surface area contributed by atoms with Gasteiger partial charge in [-0.15, -0.1) is 0 Å². The van der Waals surface area contributed by atoms with Gasteiger partial charge in [-0.1, -0.05) is 6.07 Å². The minimum absolute atomic E-state index is 0.593. The predicted molar refractivity (Wildman–Crippen MR) is 85.0 cm³/mol. The maximum atomic E-state index is 5.69. The summed E-state index contributed by atoms with van der Waals surface area (Å²) in [5.74, 6) is 0. The van der Waals surface area contributed by atoms with E-state index in [1.807, 2.05) is 0 Å². The highest BCUT2D eigenvalue weighted by atomic mass is 79.9. The smallest absolute Gasteiger partial charge is 0.0594 e. The largest absolute Gasteiger partial charge is 0.379 e. The predicted octanol–water partition coefficient (Wildman–Crippen LogP) is 1.82. The van der Waals surface area contributed by atoms with Crippen LogP contribution in [0.15, 0.2) is 22.7 Å². The average molecular weight is 340 g/mol. The second-order valence-electron chi connectivity index (χ2n) is 5.53. The van der Waals surface area contributed by atoms with Gasteiger partial charge in [0.2, 0.25) is 0 Å². The fourth-order valence-corrected chi connectivity index (χ4v) is 3.81. The Bertz CT molecular complexity index is 462. The lowest BCUT2D eigenvalue weighted by Crippen LogP contribution is -2.44. The van der Waals surface area contributed by atoms with Crippen LogP contribution in [0.4, 0.5) is 5.69 Å². The maximum Gasteiger partial charge on any atom is 0.0594 e. The van der Waals surface area contributed by atoms with Crippen LogP contribution in [0.2, 0.25) is 0 Å². The van der Waals surface area contributed by atoms with Gasteiger partial charge in [-0.05, 0) is 40.0 Å². The molecule has 20 heavy (non-hydrogen) atoms. The molecule has 1 aromatic rings. The zero-order valence-electron chi connectivity index (χ0n) is 11.7. The Hall–Kier alpha value is -0.620. The molecular formula is C15H22BrN3O. The summed E-state index contributed by atoms with van der Waals surface area (Å²) in [6, 6.07) is 7.12. The van der Waals surface area contributed by atoms with E-state index in [0.29, 0.717) is 12.6 Å². The van der Waals surface area contributed by atoms with Gasteiger partial charge in [0.1, 0.15) is 0 Å². The van der Waals surface area contributed by atoms with E-state index in [9.17, 15) is 0 Å². The van der Waals surface area contributed by atoms with Crippen LogP contribution < -0.4 is 10.6 Å². The van der Waals surface area contributed by atoms with Crippen LogP contribution in [0, 0.1) is 0 Å². The lowest BCUT2D eigenvalue weighted by molar-refractivity contribution is 0.0209. The number of benzene rings is 1. The number of hydrogen-bond acceptors (Lipinski definition) is 4. The van der Waals surface area contributed by atoms with E-state index in [1.54, 1.807) is 0 Å². The van der Waals surface area contributed by atoms with Crippen LogP contribution in [0.5, 0.6) is 0 Å². The van der Waals surface area contributed by atoms with Crippen molar-refractivity contribution in [2.24, 2.45) is 5.73 Å². The average Bonchev–Trinajstić information content (AvgIpc) is 2.97. The summed E-state index contributed by atoms with van der Waals surface area (Å²) in [5.41, 5.74) is 8.15. The summed E-state index contributed by atoms with van der Waals surface area (Å²) in [7, 11) is 0. The van der Waals surface area contributed by atoms with Crippen LogP contribution >= 0.6 is 15.9 Å². The SMILES string of the molecule is NCc1ccc(N2CCC(N3CCOCC3)C2)c(Br)c1. The Balaban J connectivity index is 1.67. The highest BCUT2D eigenvalue weighted by molar-refractivity contribution is 9.10. The minimum Gasteiger partial charge on any atom is -0.379 e. The molecule has 0 spiro atoms. The first-order valence-electron chi connectivity index (χ1n) is 7.33. The zero-order chi connectivity index (χ0) is 13.9. The van der Waals surface area contributed by atoms with E-state index in [1.165, 1.54) is 17.7 Å². The summed E-state index contributed by atoms with van der Waals surface area (Å²) < 4.78 is 6.60. The summed E-state index contributed by atoms with van der Waals surface area (Å²) in [4.78, 5) is 5.05. The second kappa shape index (κ2) is 6.43. The van der Waals surface area contributed by atoms with Crippen LogP contribution in [0.3, 0.4) is 0 Å². The molecule has 2 fully saturated rings. The lowest BCUT2D eigenvalue weighted by Gasteiger charge is -2.32. The molecule has 2 heterocycles. The van der Waals surface area contributed by atoms with Crippen LogP contribution in [-0.4, -0.2) is 50.3 Å². The van der Waals surface area contributed by atoms with Gasteiger partial charge in [-0.25, -0.2) is 0 Å². The van der Waals surface area contributed by atoms with E-state index >= 15 is 0 Å². The Kier molecular flexibility index (Phi) is 4.61. The molecule has 3 rings (SSSR count). The van der Waals surface area contributed by atoms with Crippen molar-refractivity contribution in [3.63, 3.8) is 0 Å². The molecule has 0 bridgehead atoms. The summed E-state index contributed by atoms with van der Waals surface area (Å²) in [5, 5.41) is 0. The van der Waals surface area contributed by atoms with Crippen molar-refractivity contribution in [1.29, 1.82) is 0 Å². The molecule has 1 atom stereocenters. The molecule has 0 aromatic heterocycles. The fourth-order valence-electron chi connectivity index (χ4n) is 3.14. The molecular weight excluding hydrogens is 318 g/mol. The molecule has 1 aromatic carbocycles. The molecule has 2 N–H and O–H groups in total. The molecule has 1 unspecified atom stereocenters. The van der Waals surface area contributed by atoms with Crippen molar-refractivity contribution in [2.45, 2.75) is 19.0 Å². The van der Waals surface area contributed by atoms with Crippen LogP contribution in [-0.2, 0) is 11.3 Å². The number of halogens is 1. The van der Waals surface area contributed by atoms with E-state index < -0.39 is 0 Å².